The number of alkyl halides is 3. The van der Waals surface area contributed by atoms with Gasteiger partial charge in [-0.15, -0.1) is 0 Å². The largest absolute Gasteiger partial charge is 0.416 e. The Labute approximate surface area is 163 Å². The van der Waals surface area contributed by atoms with Gasteiger partial charge in [0.1, 0.15) is 6.33 Å². The predicted molar refractivity (Wildman–Crippen MR) is 99.1 cm³/mol. The van der Waals surface area contributed by atoms with E-state index in [0.717, 1.165) is 16.7 Å². The molecule has 1 aliphatic heterocycles. The number of ether oxygens (including phenoxy) is 1. The van der Waals surface area contributed by atoms with E-state index in [2.05, 4.69) is 4.98 Å². The summed E-state index contributed by atoms with van der Waals surface area (Å²) >= 11 is 0. The minimum atomic E-state index is -4.52. The fourth-order valence-electron chi connectivity index (χ4n) is 3.22. The van der Waals surface area contributed by atoms with Gasteiger partial charge in [-0.2, -0.15) is 13.2 Å². The van der Waals surface area contributed by atoms with E-state index >= 15 is 0 Å². The molecule has 0 saturated carbocycles. The maximum atomic E-state index is 13.0. The highest BCUT2D eigenvalue weighted by Crippen LogP contribution is 2.30. The van der Waals surface area contributed by atoms with Crippen molar-refractivity contribution < 1.29 is 22.7 Å². The molecule has 0 aliphatic carbocycles. The lowest BCUT2D eigenvalue weighted by molar-refractivity contribution is -0.137. The Morgan fingerprint density at radius 2 is 1.83 bits per heavy atom. The van der Waals surface area contributed by atoms with Crippen LogP contribution in [-0.4, -0.2) is 46.7 Å². The van der Waals surface area contributed by atoms with Crippen LogP contribution in [0, 0.1) is 0 Å². The summed E-state index contributed by atoms with van der Waals surface area (Å²) in [7, 11) is 0. The van der Waals surface area contributed by atoms with Crippen LogP contribution in [-0.2, 0) is 10.9 Å². The molecule has 1 aromatic heterocycles. The van der Waals surface area contributed by atoms with Gasteiger partial charge in [-0.25, -0.2) is 4.98 Å². The van der Waals surface area contributed by atoms with E-state index in [4.69, 9.17) is 4.74 Å². The molecule has 0 bridgehead atoms. The molecule has 0 unspecified atom stereocenters. The smallest absolute Gasteiger partial charge is 0.378 e. The number of benzene rings is 2. The highest BCUT2D eigenvalue weighted by molar-refractivity contribution is 5.97. The van der Waals surface area contributed by atoms with Crippen molar-refractivity contribution in [1.82, 2.24) is 14.5 Å². The number of aromatic nitrogens is 2. The Morgan fingerprint density at radius 1 is 1.07 bits per heavy atom. The SMILES string of the molecule is O=C(c1ccc2c(=O)n(-c3cccc(C(F)(F)F)c3)cnc2c1)N1CCOCC1. The average Bonchev–Trinajstić information content (AvgIpc) is 2.73. The number of halogens is 3. The highest BCUT2D eigenvalue weighted by atomic mass is 19.4. The van der Waals surface area contributed by atoms with Gasteiger partial charge in [0, 0.05) is 18.7 Å². The lowest BCUT2D eigenvalue weighted by Crippen LogP contribution is -2.40. The molecule has 1 amide bonds. The molecule has 0 atom stereocenters. The van der Waals surface area contributed by atoms with Crippen LogP contribution in [0.3, 0.4) is 0 Å². The predicted octanol–water partition coefficient (Wildman–Crippen LogP) is 2.88. The fraction of sp³-hybridized carbons (Fsp3) is 0.250. The van der Waals surface area contributed by atoms with Gasteiger partial charge in [-0.3, -0.25) is 14.2 Å². The van der Waals surface area contributed by atoms with Crippen LogP contribution in [0.15, 0.2) is 53.6 Å². The van der Waals surface area contributed by atoms with Crippen molar-refractivity contribution in [3.05, 3.63) is 70.3 Å². The Bertz CT molecular complexity index is 1140. The van der Waals surface area contributed by atoms with Crippen molar-refractivity contribution in [2.24, 2.45) is 0 Å². The minimum Gasteiger partial charge on any atom is -0.378 e. The van der Waals surface area contributed by atoms with Gasteiger partial charge < -0.3 is 9.64 Å². The second-order valence-electron chi connectivity index (χ2n) is 6.60. The first-order valence-corrected chi connectivity index (χ1v) is 8.91. The van der Waals surface area contributed by atoms with Gasteiger partial charge in [0.15, 0.2) is 0 Å². The van der Waals surface area contributed by atoms with E-state index in [0.29, 0.717) is 37.4 Å². The molecule has 1 aliphatic rings. The maximum Gasteiger partial charge on any atom is 0.416 e. The summed E-state index contributed by atoms with van der Waals surface area (Å²) < 4.78 is 45.2. The van der Waals surface area contributed by atoms with E-state index in [9.17, 15) is 22.8 Å². The Hall–Kier alpha value is -3.20. The van der Waals surface area contributed by atoms with Crippen LogP contribution in [0.4, 0.5) is 13.2 Å². The second kappa shape index (κ2) is 7.32. The number of rotatable bonds is 2. The molecule has 6 nitrogen and oxygen atoms in total. The molecule has 1 fully saturated rings. The second-order valence-corrected chi connectivity index (χ2v) is 6.60. The van der Waals surface area contributed by atoms with E-state index in [1.54, 1.807) is 4.90 Å². The van der Waals surface area contributed by atoms with Crippen LogP contribution < -0.4 is 5.56 Å². The summed E-state index contributed by atoms with van der Waals surface area (Å²) in [5.41, 5.74) is -0.610. The van der Waals surface area contributed by atoms with Crippen molar-refractivity contribution in [2.45, 2.75) is 6.18 Å². The number of hydrogen-bond acceptors (Lipinski definition) is 4. The zero-order valence-corrected chi connectivity index (χ0v) is 15.1. The third-order valence-corrected chi connectivity index (χ3v) is 4.76. The summed E-state index contributed by atoms with van der Waals surface area (Å²) in [5.74, 6) is -0.181. The van der Waals surface area contributed by atoms with Crippen LogP contribution >= 0.6 is 0 Å². The van der Waals surface area contributed by atoms with Crippen LogP contribution in [0.1, 0.15) is 15.9 Å². The first-order valence-electron chi connectivity index (χ1n) is 8.91. The van der Waals surface area contributed by atoms with E-state index < -0.39 is 17.3 Å². The minimum absolute atomic E-state index is 0.0627. The van der Waals surface area contributed by atoms with Crippen molar-refractivity contribution in [2.75, 3.05) is 26.3 Å². The molecule has 9 heteroatoms. The summed E-state index contributed by atoms with van der Waals surface area (Å²) in [4.78, 5) is 31.2. The third kappa shape index (κ3) is 3.73. The number of carbonyl (C=O) groups excluding carboxylic acids is 1. The summed E-state index contributed by atoms with van der Waals surface area (Å²) in [6, 6.07) is 8.99. The van der Waals surface area contributed by atoms with Gasteiger partial charge in [-0.1, -0.05) is 6.07 Å². The first kappa shape index (κ1) is 19.1. The number of amides is 1. The van der Waals surface area contributed by atoms with Crippen molar-refractivity contribution in [3.63, 3.8) is 0 Å². The van der Waals surface area contributed by atoms with Gasteiger partial charge in [0.25, 0.3) is 11.5 Å². The molecule has 4 rings (SSSR count). The quantitative estimate of drug-likeness (QED) is 0.660. The monoisotopic (exact) mass is 403 g/mol. The average molecular weight is 403 g/mol. The van der Waals surface area contributed by atoms with E-state index in [1.165, 1.54) is 36.7 Å². The van der Waals surface area contributed by atoms with Crippen molar-refractivity contribution in [3.8, 4) is 5.69 Å². The third-order valence-electron chi connectivity index (χ3n) is 4.76. The van der Waals surface area contributed by atoms with Crippen molar-refractivity contribution in [1.29, 1.82) is 0 Å². The number of hydrogen-bond donors (Lipinski definition) is 0. The van der Waals surface area contributed by atoms with Gasteiger partial charge in [0.2, 0.25) is 0 Å². The lowest BCUT2D eigenvalue weighted by atomic mass is 10.1. The zero-order valence-electron chi connectivity index (χ0n) is 15.1. The molecule has 2 aromatic carbocycles. The molecule has 0 spiro atoms. The highest BCUT2D eigenvalue weighted by Gasteiger charge is 2.30. The molecule has 3 aromatic rings. The topological polar surface area (TPSA) is 64.4 Å². The van der Waals surface area contributed by atoms with Crippen molar-refractivity contribution >= 4 is 16.8 Å². The molecular formula is C20H16F3N3O3. The molecular weight excluding hydrogens is 387 g/mol. The fourth-order valence-corrected chi connectivity index (χ4v) is 3.22. The molecule has 2 heterocycles. The van der Waals surface area contributed by atoms with E-state index in [1.807, 2.05) is 0 Å². The Morgan fingerprint density at radius 3 is 2.55 bits per heavy atom. The Balaban J connectivity index is 1.72. The summed E-state index contributed by atoms with van der Waals surface area (Å²) in [6.07, 6.45) is -3.35. The maximum absolute atomic E-state index is 13.0. The van der Waals surface area contributed by atoms with Gasteiger partial charge in [0.05, 0.1) is 35.4 Å². The normalized spacial score (nSPS) is 14.9. The molecule has 0 N–H and O–H groups in total. The van der Waals surface area contributed by atoms with Crippen LogP contribution in [0.2, 0.25) is 0 Å². The molecule has 150 valence electrons. The number of carbonyl (C=O) groups is 1. The van der Waals surface area contributed by atoms with Gasteiger partial charge >= 0.3 is 6.18 Å². The summed E-state index contributed by atoms with van der Waals surface area (Å²) in [6.45, 7) is 1.92. The first-order chi connectivity index (χ1) is 13.8. The Kier molecular flexibility index (Phi) is 4.83. The van der Waals surface area contributed by atoms with E-state index in [-0.39, 0.29) is 17.0 Å². The number of fused-ring (bicyclic) bond motifs is 1. The number of nitrogens with zero attached hydrogens (tertiary/aromatic N) is 3. The van der Waals surface area contributed by atoms with Crippen LogP contribution in [0.5, 0.6) is 0 Å². The van der Waals surface area contributed by atoms with Gasteiger partial charge in [-0.05, 0) is 36.4 Å². The molecule has 29 heavy (non-hydrogen) atoms. The standard InChI is InChI=1S/C20H16F3N3O3/c21-20(22,23)14-2-1-3-15(11-14)26-12-24-17-10-13(4-5-16(17)19(26)28)18(27)25-6-8-29-9-7-25/h1-5,10-12H,6-9H2. The van der Waals surface area contributed by atoms with Crippen LogP contribution in [0.25, 0.3) is 16.6 Å². The zero-order chi connectivity index (χ0) is 20.6. The summed E-state index contributed by atoms with van der Waals surface area (Å²) in [5, 5.41) is 0.212. The molecule has 0 radical (unpaired) electrons. The lowest BCUT2D eigenvalue weighted by Gasteiger charge is -2.26. The molecule has 1 saturated heterocycles. The number of morpholine rings is 1.